The summed E-state index contributed by atoms with van der Waals surface area (Å²) in [5.41, 5.74) is 0.350. The van der Waals surface area contributed by atoms with Crippen molar-refractivity contribution in [3.05, 3.63) is 24.6 Å². The second kappa shape index (κ2) is 2.56. The SMILES string of the molecule is CS(=O)(=O)c1ccnc2occc12. The van der Waals surface area contributed by atoms with Crippen LogP contribution in [0.1, 0.15) is 0 Å². The standard InChI is InChI=1S/C8H7NO3S/c1-13(10,11)7-2-4-9-8-6(7)3-5-12-8/h2-5H,1H3. The highest BCUT2D eigenvalue weighted by Crippen LogP contribution is 2.21. The van der Waals surface area contributed by atoms with Crippen molar-refractivity contribution in [2.45, 2.75) is 4.90 Å². The number of hydrogen-bond acceptors (Lipinski definition) is 4. The minimum absolute atomic E-state index is 0.256. The first-order valence-electron chi connectivity index (χ1n) is 3.61. The molecule has 0 unspecified atom stereocenters. The second-order valence-corrected chi connectivity index (χ2v) is 4.70. The van der Waals surface area contributed by atoms with Gasteiger partial charge in [0.1, 0.15) is 0 Å². The van der Waals surface area contributed by atoms with E-state index in [0.29, 0.717) is 11.1 Å². The van der Waals surface area contributed by atoms with Crippen molar-refractivity contribution in [3.8, 4) is 0 Å². The van der Waals surface area contributed by atoms with E-state index in [1.54, 1.807) is 6.07 Å². The zero-order valence-corrected chi connectivity index (χ0v) is 7.71. The summed E-state index contributed by atoms with van der Waals surface area (Å²) in [5, 5.41) is 0.532. The zero-order valence-electron chi connectivity index (χ0n) is 6.89. The highest BCUT2D eigenvalue weighted by molar-refractivity contribution is 7.91. The number of furan rings is 1. The van der Waals surface area contributed by atoms with Gasteiger partial charge < -0.3 is 4.42 Å². The third-order valence-electron chi connectivity index (χ3n) is 1.73. The number of aromatic nitrogens is 1. The molecule has 68 valence electrons. The lowest BCUT2D eigenvalue weighted by Crippen LogP contribution is -1.97. The first-order chi connectivity index (χ1) is 6.09. The van der Waals surface area contributed by atoms with Crippen LogP contribution in [-0.2, 0) is 9.84 Å². The predicted octanol–water partition coefficient (Wildman–Crippen LogP) is 1.23. The molecule has 0 N–H and O–H groups in total. The van der Waals surface area contributed by atoms with Crippen LogP contribution in [0.4, 0.5) is 0 Å². The van der Waals surface area contributed by atoms with Gasteiger partial charge in [-0.05, 0) is 12.1 Å². The van der Waals surface area contributed by atoms with Crippen LogP contribution in [0.15, 0.2) is 33.9 Å². The molecule has 0 aliphatic heterocycles. The molecule has 0 bridgehead atoms. The Hall–Kier alpha value is -1.36. The maximum atomic E-state index is 11.3. The molecule has 4 nitrogen and oxygen atoms in total. The second-order valence-electron chi connectivity index (χ2n) is 2.72. The number of sulfone groups is 1. The maximum Gasteiger partial charge on any atom is 0.227 e. The van der Waals surface area contributed by atoms with Crippen LogP contribution in [0.5, 0.6) is 0 Å². The normalized spacial score (nSPS) is 12.1. The third-order valence-corrected chi connectivity index (χ3v) is 2.88. The molecule has 2 aromatic rings. The lowest BCUT2D eigenvalue weighted by molar-refractivity contribution is 0.597. The highest BCUT2D eigenvalue weighted by Gasteiger charge is 2.13. The summed E-state index contributed by atoms with van der Waals surface area (Å²) < 4.78 is 27.5. The molecule has 5 heteroatoms. The van der Waals surface area contributed by atoms with E-state index in [1.165, 1.54) is 18.5 Å². The molecule has 2 rings (SSSR count). The topological polar surface area (TPSA) is 60.2 Å². The fourth-order valence-corrected chi connectivity index (χ4v) is 2.04. The number of rotatable bonds is 1. The summed E-state index contributed by atoms with van der Waals surface area (Å²) in [6.07, 6.45) is 4.00. The Balaban J connectivity index is 2.91. The molecule has 0 amide bonds. The fraction of sp³-hybridized carbons (Fsp3) is 0.125. The van der Waals surface area contributed by atoms with Gasteiger partial charge >= 0.3 is 0 Å². The van der Waals surface area contributed by atoms with E-state index in [4.69, 9.17) is 4.42 Å². The molecule has 2 aromatic heterocycles. The molecule has 0 spiro atoms. The van der Waals surface area contributed by atoms with Gasteiger partial charge in [-0.2, -0.15) is 0 Å². The van der Waals surface area contributed by atoms with Crippen LogP contribution in [0.3, 0.4) is 0 Å². The van der Waals surface area contributed by atoms with Crippen LogP contribution >= 0.6 is 0 Å². The number of nitrogens with zero attached hydrogens (tertiary/aromatic N) is 1. The first kappa shape index (κ1) is 8.25. The van der Waals surface area contributed by atoms with E-state index in [0.717, 1.165) is 6.26 Å². The summed E-state index contributed by atoms with van der Waals surface area (Å²) in [4.78, 5) is 4.14. The van der Waals surface area contributed by atoms with Crippen LogP contribution in [0.25, 0.3) is 11.1 Å². The molecule has 0 saturated carbocycles. The quantitative estimate of drug-likeness (QED) is 0.689. The van der Waals surface area contributed by atoms with Crippen molar-refractivity contribution in [3.63, 3.8) is 0 Å². The molecule has 0 atom stereocenters. The van der Waals surface area contributed by atoms with Gasteiger partial charge in [-0.25, -0.2) is 13.4 Å². The van der Waals surface area contributed by atoms with Crippen LogP contribution in [0, 0.1) is 0 Å². The van der Waals surface area contributed by atoms with Crippen LogP contribution in [0.2, 0.25) is 0 Å². The Bertz CT molecular complexity index is 541. The largest absolute Gasteiger partial charge is 0.446 e. The smallest absolute Gasteiger partial charge is 0.227 e. The Kier molecular flexibility index (Phi) is 1.63. The number of fused-ring (bicyclic) bond motifs is 1. The van der Waals surface area contributed by atoms with Gasteiger partial charge in [0.2, 0.25) is 5.71 Å². The Labute approximate surface area is 75.1 Å². The van der Waals surface area contributed by atoms with Gasteiger partial charge in [0.15, 0.2) is 9.84 Å². The molecule has 0 fully saturated rings. The van der Waals surface area contributed by atoms with Gasteiger partial charge in [0.25, 0.3) is 0 Å². The molecular formula is C8H7NO3S. The molecule has 0 radical (unpaired) electrons. The molecule has 0 aromatic carbocycles. The number of pyridine rings is 1. The predicted molar refractivity (Wildman–Crippen MR) is 47.1 cm³/mol. The van der Waals surface area contributed by atoms with Crippen LogP contribution in [-0.4, -0.2) is 19.7 Å². The molecule has 0 aliphatic rings. The van der Waals surface area contributed by atoms with Crippen molar-refractivity contribution < 1.29 is 12.8 Å². The fourth-order valence-electron chi connectivity index (χ4n) is 1.17. The Morgan fingerprint density at radius 2 is 2.15 bits per heavy atom. The average Bonchev–Trinajstić information content (AvgIpc) is 2.48. The van der Waals surface area contributed by atoms with Gasteiger partial charge in [-0.15, -0.1) is 0 Å². The zero-order chi connectivity index (χ0) is 9.47. The Morgan fingerprint density at radius 1 is 1.38 bits per heavy atom. The van der Waals surface area contributed by atoms with Gasteiger partial charge in [-0.1, -0.05) is 0 Å². The van der Waals surface area contributed by atoms with Gasteiger partial charge in [0.05, 0.1) is 16.5 Å². The molecule has 0 aliphatic carbocycles. The van der Waals surface area contributed by atoms with Crippen molar-refractivity contribution >= 4 is 20.9 Å². The van der Waals surface area contributed by atoms with E-state index in [1.807, 2.05) is 0 Å². The maximum absolute atomic E-state index is 11.3. The van der Waals surface area contributed by atoms with E-state index in [9.17, 15) is 8.42 Å². The van der Waals surface area contributed by atoms with Crippen molar-refractivity contribution in [2.75, 3.05) is 6.26 Å². The van der Waals surface area contributed by atoms with Crippen molar-refractivity contribution in [1.29, 1.82) is 0 Å². The minimum Gasteiger partial charge on any atom is -0.446 e. The molecule has 0 saturated heterocycles. The minimum atomic E-state index is -3.20. The lowest BCUT2D eigenvalue weighted by Gasteiger charge is -1.97. The number of hydrogen-bond donors (Lipinski definition) is 0. The van der Waals surface area contributed by atoms with Crippen molar-refractivity contribution in [2.24, 2.45) is 0 Å². The summed E-state index contributed by atoms with van der Waals surface area (Å²) >= 11 is 0. The average molecular weight is 197 g/mol. The summed E-state index contributed by atoms with van der Waals surface area (Å²) in [7, 11) is -3.20. The summed E-state index contributed by atoms with van der Waals surface area (Å²) in [5.74, 6) is 0. The van der Waals surface area contributed by atoms with E-state index in [2.05, 4.69) is 4.98 Å². The monoisotopic (exact) mass is 197 g/mol. The summed E-state index contributed by atoms with van der Waals surface area (Å²) in [6, 6.07) is 3.06. The molecule has 13 heavy (non-hydrogen) atoms. The van der Waals surface area contributed by atoms with Crippen molar-refractivity contribution in [1.82, 2.24) is 4.98 Å². The molecule has 2 heterocycles. The van der Waals surface area contributed by atoms with Gasteiger partial charge in [-0.3, -0.25) is 0 Å². The third kappa shape index (κ3) is 1.31. The lowest BCUT2D eigenvalue weighted by atomic mass is 10.3. The Morgan fingerprint density at radius 3 is 2.85 bits per heavy atom. The van der Waals surface area contributed by atoms with E-state index >= 15 is 0 Å². The van der Waals surface area contributed by atoms with E-state index < -0.39 is 9.84 Å². The first-order valence-corrected chi connectivity index (χ1v) is 5.50. The summed E-state index contributed by atoms with van der Waals surface area (Å²) in [6.45, 7) is 0. The highest BCUT2D eigenvalue weighted by atomic mass is 32.2. The van der Waals surface area contributed by atoms with Gasteiger partial charge in [0, 0.05) is 12.5 Å². The molecular weight excluding hydrogens is 190 g/mol. The van der Waals surface area contributed by atoms with E-state index in [-0.39, 0.29) is 4.90 Å². The van der Waals surface area contributed by atoms with Crippen LogP contribution < -0.4 is 0 Å².